The van der Waals surface area contributed by atoms with Crippen LogP contribution in [0.2, 0.25) is 0 Å². The Morgan fingerprint density at radius 3 is 2.26 bits per heavy atom. The summed E-state index contributed by atoms with van der Waals surface area (Å²) in [6.07, 6.45) is 2.38. The van der Waals surface area contributed by atoms with Crippen molar-refractivity contribution in [2.45, 2.75) is 45.3 Å². The van der Waals surface area contributed by atoms with E-state index in [2.05, 4.69) is 6.92 Å². The quantitative estimate of drug-likeness (QED) is 0.633. The first kappa shape index (κ1) is 18.6. The van der Waals surface area contributed by atoms with E-state index >= 15 is 0 Å². The van der Waals surface area contributed by atoms with E-state index in [1.807, 2.05) is 6.92 Å². The van der Waals surface area contributed by atoms with Gasteiger partial charge in [0.05, 0.1) is 64.9 Å². The van der Waals surface area contributed by atoms with Crippen LogP contribution in [0.4, 0.5) is 0 Å². The van der Waals surface area contributed by atoms with Gasteiger partial charge in [-0.05, 0) is 31.6 Å². The highest BCUT2D eigenvalue weighted by molar-refractivity contribution is 5.69. The highest BCUT2D eigenvalue weighted by Crippen LogP contribution is 2.26. The second-order valence-electron chi connectivity index (χ2n) is 6.29. The number of hydrogen-bond acceptors (Lipinski definition) is 6. The van der Waals surface area contributed by atoms with Gasteiger partial charge < -0.3 is 23.7 Å². The van der Waals surface area contributed by atoms with Crippen LogP contribution in [0, 0.1) is 11.8 Å². The monoisotopic (exact) mass is 330 g/mol. The lowest BCUT2D eigenvalue weighted by molar-refractivity contribution is -0.150. The van der Waals surface area contributed by atoms with Crippen LogP contribution < -0.4 is 0 Å². The summed E-state index contributed by atoms with van der Waals surface area (Å²) in [5.41, 5.74) is 0. The molecule has 0 aromatic rings. The molecular weight excluding hydrogens is 300 g/mol. The number of hydrogen-bond donors (Lipinski definition) is 0. The Hall–Kier alpha value is -0.690. The van der Waals surface area contributed by atoms with Crippen molar-refractivity contribution < 1.29 is 28.5 Å². The van der Waals surface area contributed by atoms with Crippen molar-refractivity contribution in [3.63, 3.8) is 0 Å². The third kappa shape index (κ3) is 6.37. The Morgan fingerprint density at radius 1 is 1.04 bits per heavy atom. The highest BCUT2D eigenvalue weighted by atomic mass is 16.6. The molecule has 0 saturated carbocycles. The van der Waals surface area contributed by atoms with Crippen LogP contribution in [0.1, 0.15) is 33.1 Å². The minimum Gasteiger partial charge on any atom is -0.466 e. The summed E-state index contributed by atoms with van der Waals surface area (Å²) in [5, 5.41) is 0. The molecule has 2 aliphatic rings. The Labute approximate surface area is 138 Å². The minimum absolute atomic E-state index is 0.0242. The van der Waals surface area contributed by atoms with E-state index in [1.54, 1.807) is 0 Å². The van der Waals surface area contributed by atoms with Crippen molar-refractivity contribution in [2.24, 2.45) is 11.8 Å². The normalized spacial score (nSPS) is 28.1. The van der Waals surface area contributed by atoms with E-state index < -0.39 is 0 Å². The number of carbonyl (C=O) groups excluding carboxylic acids is 1. The average molecular weight is 330 g/mol. The zero-order valence-corrected chi connectivity index (χ0v) is 14.3. The van der Waals surface area contributed by atoms with Gasteiger partial charge in [-0.25, -0.2) is 0 Å². The molecule has 2 fully saturated rings. The standard InChI is InChI=1S/C17H30O6/c1-3-21-17(18)10-14(16-12-20-7-9-23-16)5-4-13(2)15-11-19-6-8-22-15/h13-16H,3-12H2,1-2H3. The maximum atomic E-state index is 11.9. The number of carbonyl (C=O) groups is 1. The van der Waals surface area contributed by atoms with Gasteiger partial charge in [-0.2, -0.15) is 0 Å². The third-order valence-corrected chi connectivity index (χ3v) is 4.57. The van der Waals surface area contributed by atoms with Crippen LogP contribution in [0.5, 0.6) is 0 Å². The van der Waals surface area contributed by atoms with Gasteiger partial charge in [0.1, 0.15) is 0 Å². The molecule has 0 N–H and O–H groups in total. The summed E-state index contributed by atoms with van der Waals surface area (Å²) in [6.45, 7) is 8.22. The molecule has 0 bridgehead atoms. The SMILES string of the molecule is CCOC(=O)CC(CCC(C)C1COCCO1)C1COCCO1. The molecule has 6 nitrogen and oxygen atoms in total. The van der Waals surface area contributed by atoms with E-state index in [1.165, 1.54) is 0 Å². The molecule has 2 aliphatic heterocycles. The molecule has 0 amide bonds. The fourth-order valence-corrected chi connectivity index (χ4v) is 3.13. The smallest absolute Gasteiger partial charge is 0.306 e. The molecule has 2 rings (SSSR count). The van der Waals surface area contributed by atoms with E-state index in [0.717, 1.165) is 12.8 Å². The van der Waals surface area contributed by atoms with Gasteiger partial charge in [0.2, 0.25) is 0 Å². The molecule has 4 unspecified atom stereocenters. The second kappa shape index (κ2) is 10.2. The van der Waals surface area contributed by atoms with Gasteiger partial charge in [-0.3, -0.25) is 4.79 Å². The molecular formula is C17H30O6. The molecule has 0 aromatic heterocycles. The van der Waals surface area contributed by atoms with Crippen molar-refractivity contribution in [1.29, 1.82) is 0 Å². The van der Waals surface area contributed by atoms with Crippen molar-refractivity contribution in [3.8, 4) is 0 Å². The topological polar surface area (TPSA) is 63.2 Å². The first-order chi connectivity index (χ1) is 11.2. The van der Waals surface area contributed by atoms with Crippen molar-refractivity contribution in [3.05, 3.63) is 0 Å². The van der Waals surface area contributed by atoms with Crippen molar-refractivity contribution in [1.82, 2.24) is 0 Å². The number of rotatable bonds is 8. The molecule has 0 aromatic carbocycles. The molecule has 0 radical (unpaired) electrons. The second-order valence-corrected chi connectivity index (χ2v) is 6.29. The molecule has 2 heterocycles. The Balaban J connectivity index is 1.83. The number of esters is 1. The van der Waals surface area contributed by atoms with Crippen molar-refractivity contribution in [2.75, 3.05) is 46.2 Å². The van der Waals surface area contributed by atoms with Crippen LogP contribution in [0.25, 0.3) is 0 Å². The van der Waals surface area contributed by atoms with Crippen LogP contribution >= 0.6 is 0 Å². The van der Waals surface area contributed by atoms with Gasteiger partial charge in [0.25, 0.3) is 0 Å². The predicted molar refractivity (Wildman–Crippen MR) is 84.3 cm³/mol. The van der Waals surface area contributed by atoms with E-state index in [9.17, 15) is 4.79 Å². The van der Waals surface area contributed by atoms with Gasteiger partial charge in [-0.1, -0.05) is 6.92 Å². The number of ether oxygens (including phenoxy) is 5. The van der Waals surface area contributed by atoms with Crippen LogP contribution in [-0.2, 0) is 28.5 Å². The van der Waals surface area contributed by atoms with Gasteiger partial charge in [0, 0.05) is 0 Å². The van der Waals surface area contributed by atoms with E-state index in [-0.39, 0.29) is 24.1 Å². The fraction of sp³-hybridized carbons (Fsp3) is 0.941. The summed E-state index contributed by atoms with van der Waals surface area (Å²) in [6, 6.07) is 0. The summed E-state index contributed by atoms with van der Waals surface area (Å²) in [5.74, 6) is 0.363. The summed E-state index contributed by atoms with van der Waals surface area (Å²) in [7, 11) is 0. The zero-order chi connectivity index (χ0) is 16.5. The maximum absolute atomic E-state index is 11.9. The lowest BCUT2D eigenvalue weighted by Gasteiger charge is -2.32. The van der Waals surface area contributed by atoms with Gasteiger partial charge in [0.15, 0.2) is 0 Å². The summed E-state index contributed by atoms with van der Waals surface area (Å²) in [4.78, 5) is 11.9. The zero-order valence-electron chi connectivity index (χ0n) is 14.3. The third-order valence-electron chi connectivity index (χ3n) is 4.57. The molecule has 0 aliphatic carbocycles. The van der Waals surface area contributed by atoms with Gasteiger partial charge in [-0.15, -0.1) is 0 Å². The Bertz CT molecular complexity index is 336. The average Bonchev–Trinajstić information content (AvgIpc) is 2.60. The van der Waals surface area contributed by atoms with Gasteiger partial charge >= 0.3 is 5.97 Å². The lowest BCUT2D eigenvalue weighted by atomic mass is 9.88. The first-order valence-corrected chi connectivity index (χ1v) is 8.75. The van der Waals surface area contributed by atoms with Crippen LogP contribution in [-0.4, -0.2) is 64.4 Å². The van der Waals surface area contributed by atoms with Crippen LogP contribution in [0.15, 0.2) is 0 Å². The lowest BCUT2D eigenvalue weighted by Crippen LogP contribution is -2.38. The Morgan fingerprint density at radius 2 is 1.70 bits per heavy atom. The molecule has 6 heteroatoms. The molecule has 23 heavy (non-hydrogen) atoms. The summed E-state index contributed by atoms with van der Waals surface area (Å²) >= 11 is 0. The van der Waals surface area contributed by atoms with Crippen molar-refractivity contribution >= 4 is 5.97 Å². The molecule has 134 valence electrons. The fourth-order valence-electron chi connectivity index (χ4n) is 3.13. The highest BCUT2D eigenvalue weighted by Gasteiger charge is 2.29. The maximum Gasteiger partial charge on any atom is 0.306 e. The van der Waals surface area contributed by atoms with E-state index in [4.69, 9.17) is 23.7 Å². The van der Waals surface area contributed by atoms with E-state index in [0.29, 0.717) is 58.6 Å². The first-order valence-electron chi connectivity index (χ1n) is 8.75. The predicted octanol–water partition coefficient (Wildman–Crippen LogP) is 1.80. The summed E-state index contributed by atoms with van der Waals surface area (Å²) < 4.78 is 27.7. The molecule has 2 saturated heterocycles. The molecule has 4 atom stereocenters. The Kier molecular flexibility index (Phi) is 8.30. The largest absolute Gasteiger partial charge is 0.466 e. The van der Waals surface area contributed by atoms with Crippen LogP contribution in [0.3, 0.4) is 0 Å². The minimum atomic E-state index is -0.156. The molecule has 0 spiro atoms.